The van der Waals surface area contributed by atoms with Gasteiger partial charge in [-0.15, -0.1) is 0 Å². The van der Waals surface area contributed by atoms with E-state index in [1.165, 1.54) is 0 Å². The van der Waals surface area contributed by atoms with Crippen molar-refractivity contribution in [2.45, 2.75) is 0 Å². The number of hydrogen-bond donors (Lipinski definition) is 0. The SMILES string of the molecule is [O]=[Ti].[O]=[V]=[O]. The fourth-order valence-corrected chi connectivity index (χ4v) is 0. The first-order valence-electron chi connectivity index (χ1n) is 0.569. The van der Waals surface area contributed by atoms with Crippen LogP contribution in [0.2, 0.25) is 0 Å². The minimum atomic E-state index is -1.81. The molecule has 0 rings (SSSR count). The van der Waals surface area contributed by atoms with E-state index in [9.17, 15) is 0 Å². The van der Waals surface area contributed by atoms with Crippen LogP contribution in [-0.4, -0.2) is 0 Å². The molecule has 5 heteroatoms. The van der Waals surface area contributed by atoms with E-state index in [1.54, 1.807) is 0 Å². The molecule has 0 aliphatic heterocycles. The Balaban J connectivity index is 0. The standard InChI is InChI=1S/3O.Ti.V. The van der Waals surface area contributed by atoms with E-state index in [1.807, 2.05) is 0 Å². The van der Waals surface area contributed by atoms with Crippen LogP contribution in [0, 0.1) is 0 Å². The molecule has 27 valence electrons. The second kappa shape index (κ2) is 22.3. The van der Waals surface area contributed by atoms with E-state index in [4.69, 9.17) is 10.7 Å². The van der Waals surface area contributed by atoms with Gasteiger partial charge in [-0.25, -0.2) is 0 Å². The predicted octanol–water partition coefficient (Wildman–Crippen LogP) is -0.361. The van der Waals surface area contributed by atoms with Gasteiger partial charge in [0.25, 0.3) is 0 Å². The second-order valence-corrected chi connectivity index (χ2v) is 0.307. The molecule has 0 heterocycles. The molecule has 0 fully saturated rings. The van der Waals surface area contributed by atoms with Gasteiger partial charge in [-0.05, 0) is 0 Å². The quantitative estimate of drug-likeness (QED) is 0.439. The Morgan fingerprint density at radius 2 is 1.20 bits per heavy atom. The zero-order valence-electron chi connectivity index (χ0n) is 2.17. The first kappa shape index (κ1) is 9.20. The van der Waals surface area contributed by atoms with E-state index in [-0.39, 0.29) is 0 Å². The molecule has 5 heavy (non-hydrogen) atoms. The summed E-state index contributed by atoms with van der Waals surface area (Å²) in [6.07, 6.45) is 0. The summed E-state index contributed by atoms with van der Waals surface area (Å²) in [5.41, 5.74) is 0. The summed E-state index contributed by atoms with van der Waals surface area (Å²) in [5, 5.41) is 0. The van der Waals surface area contributed by atoms with Gasteiger partial charge in [-0.1, -0.05) is 0 Å². The van der Waals surface area contributed by atoms with Crippen LogP contribution in [-0.2, 0) is 47.3 Å². The van der Waals surface area contributed by atoms with Crippen molar-refractivity contribution in [3.63, 3.8) is 0 Å². The van der Waals surface area contributed by atoms with Crippen LogP contribution in [0.3, 0.4) is 0 Å². The third-order valence-corrected chi connectivity index (χ3v) is 0. The van der Waals surface area contributed by atoms with Crippen LogP contribution >= 0.6 is 0 Å². The number of hydrogen-bond acceptors (Lipinski definition) is 3. The summed E-state index contributed by atoms with van der Waals surface area (Å²) in [6.45, 7) is 0. The minimum absolute atomic E-state index is 0.750. The van der Waals surface area contributed by atoms with Crippen molar-refractivity contribution >= 4 is 0 Å². The van der Waals surface area contributed by atoms with Crippen LogP contribution in [0.5, 0.6) is 0 Å². The molecule has 0 aromatic carbocycles. The molecule has 3 nitrogen and oxygen atoms in total. The average molecular weight is 147 g/mol. The Morgan fingerprint density at radius 1 is 1.20 bits per heavy atom. The van der Waals surface area contributed by atoms with Crippen LogP contribution < -0.4 is 0 Å². The number of rotatable bonds is 0. The Labute approximate surface area is 47.4 Å². The van der Waals surface area contributed by atoms with Crippen LogP contribution in [0.25, 0.3) is 0 Å². The molecule has 0 saturated heterocycles. The van der Waals surface area contributed by atoms with Crippen molar-refractivity contribution in [3.8, 4) is 0 Å². The molecule has 0 aromatic rings. The van der Waals surface area contributed by atoms with Gasteiger partial charge in [-0.3, -0.25) is 0 Å². The summed E-state index contributed by atoms with van der Waals surface area (Å²) >= 11 is -1.06. The van der Waals surface area contributed by atoms with E-state index in [2.05, 4.69) is 0 Å². The normalized spacial score (nSPS) is 2.20. The maximum absolute atomic E-state index is 8.47. The van der Waals surface area contributed by atoms with Gasteiger partial charge >= 0.3 is 47.3 Å². The maximum atomic E-state index is 8.47. The summed E-state index contributed by atoms with van der Waals surface area (Å²) in [5.74, 6) is 0. The Morgan fingerprint density at radius 3 is 1.20 bits per heavy atom. The molecular formula is O3TiV. The molecule has 0 N–H and O–H groups in total. The molecule has 0 amide bonds. The molecule has 0 aromatic heterocycles. The van der Waals surface area contributed by atoms with Gasteiger partial charge in [0.05, 0.1) is 0 Å². The van der Waals surface area contributed by atoms with Crippen molar-refractivity contribution in [1.82, 2.24) is 0 Å². The monoisotopic (exact) mass is 147 g/mol. The van der Waals surface area contributed by atoms with Crippen LogP contribution in [0.4, 0.5) is 0 Å². The molecule has 0 bridgehead atoms. The average Bonchev–Trinajstić information content (AvgIpc) is 1.46. The van der Waals surface area contributed by atoms with Crippen molar-refractivity contribution in [1.29, 1.82) is 0 Å². The molecule has 0 saturated carbocycles. The second-order valence-electron chi connectivity index (χ2n) is 0.0745. The van der Waals surface area contributed by atoms with Gasteiger partial charge in [0, 0.05) is 0 Å². The van der Waals surface area contributed by atoms with E-state index < -0.39 is 16.2 Å². The fourth-order valence-electron chi connectivity index (χ4n) is 0. The molecule has 0 spiro atoms. The molecule has 0 aliphatic carbocycles. The Hall–Kier alpha value is 0.699. The summed E-state index contributed by atoms with van der Waals surface area (Å²) in [4.78, 5) is 0. The van der Waals surface area contributed by atoms with Crippen molar-refractivity contribution in [2.24, 2.45) is 0 Å². The van der Waals surface area contributed by atoms with E-state index >= 15 is 0 Å². The van der Waals surface area contributed by atoms with Gasteiger partial charge < -0.3 is 0 Å². The topological polar surface area (TPSA) is 51.2 Å². The van der Waals surface area contributed by atoms with Crippen molar-refractivity contribution in [3.05, 3.63) is 0 Å². The van der Waals surface area contributed by atoms with Gasteiger partial charge in [-0.2, -0.15) is 0 Å². The van der Waals surface area contributed by atoms with E-state index in [0.29, 0.717) is 0 Å². The molecule has 0 aliphatic rings. The first-order chi connectivity index (χ1) is 2.41. The predicted molar refractivity (Wildman–Crippen MR) is 2.06 cm³/mol. The van der Waals surface area contributed by atoms with Gasteiger partial charge in [0.2, 0.25) is 0 Å². The van der Waals surface area contributed by atoms with E-state index in [0.717, 1.165) is 20.4 Å². The first-order valence-corrected chi connectivity index (χ1v) is 2.35. The third-order valence-electron chi connectivity index (χ3n) is 0. The molecule has 0 unspecified atom stereocenters. The molecule has 0 radical (unpaired) electrons. The van der Waals surface area contributed by atoms with Crippen molar-refractivity contribution < 1.29 is 47.3 Å². The summed E-state index contributed by atoms with van der Waals surface area (Å²) in [7, 11) is 0. The fraction of sp³-hybridized carbons (Fsp3) is 0. The summed E-state index contributed by atoms with van der Waals surface area (Å²) < 4.78 is 25.2. The van der Waals surface area contributed by atoms with Gasteiger partial charge in [0.15, 0.2) is 0 Å². The van der Waals surface area contributed by atoms with Crippen LogP contribution in [0.1, 0.15) is 0 Å². The third kappa shape index (κ3) is 70.1. The van der Waals surface area contributed by atoms with Gasteiger partial charge in [0.1, 0.15) is 0 Å². The zero-order valence-corrected chi connectivity index (χ0v) is 5.13. The Bertz CT molecular complexity index is 36.2. The van der Waals surface area contributed by atoms with Crippen molar-refractivity contribution in [2.75, 3.05) is 0 Å². The summed E-state index contributed by atoms with van der Waals surface area (Å²) in [6, 6.07) is 0. The molecular weight excluding hydrogens is 147 g/mol. The molecule has 0 atom stereocenters. The zero-order chi connectivity index (χ0) is 4.71. The Kier molecular flexibility index (Phi) is 41.0. The van der Waals surface area contributed by atoms with Crippen LogP contribution in [0.15, 0.2) is 0 Å².